The van der Waals surface area contributed by atoms with Gasteiger partial charge in [0.15, 0.2) is 0 Å². The van der Waals surface area contributed by atoms with Gasteiger partial charge in [-0.05, 0) is 25.7 Å². The Bertz CT molecular complexity index is 757. The van der Waals surface area contributed by atoms with E-state index < -0.39 is 10.0 Å². The Kier molecular flexibility index (Phi) is 3.37. The van der Waals surface area contributed by atoms with Crippen LogP contribution in [0.1, 0.15) is 30.4 Å². The number of nitrogens with one attached hydrogen (secondary N) is 1. The van der Waals surface area contributed by atoms with Gasteiger partial charge in [-0.3, -0.25) is 4.68 Å². The van der Waals surface area contributed by atoms with E-state index in [9.17, 15) is 8.42 Å². The van der Waals surface area contributed by atoms with Crippen molar-refractivity contribution >= 4 is 10.0 Å². The van der Waals surface area contributed by atoms with Crippen molar-refractivity contribution in [3.05, 3.63) is 30.1 Å². The van der Waals surface area contributed by atoms with Crippen molar-refractivity contribution in [3.63, 3.8) is 0 Å². The highest BCUT2D eigenvalue weighted by Gasteiger charge is 2.38. The van der Waals surface area contributed by atoms with Gasteiger partial charge in [0, 0.05) is 26.5 Å². The molecule has 0 radical (unpaired) electrons. The molecular weight excluding hydrogens is 290 g/mol. The first kappa shape index (κ1) is 14.3. The molecule has 1 N–H and O–H groups in total. The van der Waals surface area contributed by atoms with Crippen LogP contribution in [0.4, 0.5) is 0 Å². The average Bonchev–Trinajstić information content (AvgIpc) is 3.09. The van der Waals surface area contributed by atoms with Gasteiger partial charge in [0.05, 0.1) is 17.9 Å². The summed E-state index contributed by atoms with van der Waals surface area (Å²) in [6.07, 6.45) is 6.95. The second-order valence-electron chi connectivity index (χ2n) is 5.55. The Hall–Kier alpha value is -1.67. The van der Waals surface area contributed by atoms with Crippen molar-refractivity contribution in [1.29, 1.82) is 0 Å². The zero-order valence-electron chi connectivity index (χ0n) is 12.3. The van der Waals surface area contributed by atoms with Crippen molar-refractivity contribution < 1.29 is 8.42 Å². The molecule has 8 heteroatoms. The van der Waals surface area contributed by atoms with Gasteiger partial charge >= 0.3 is 0 Å². The van der Waals surface area contributed by atoms with Gasteiger partial charge in [-0.2, -0.15) is 5.10 Å². The van der Waals surface area contributed by atoms with E-state index in [0.717, 1.165) is 18.7 Å². The first-order valence-electron chi connectivity index (χ1n) is 6.88. The van der Waals surface area contributed by atoms with Crippen molar-refractivity contribution in [2.75, 3.05) is 0 Å². The molecule has 1 aliphatic rings. The summed E-state index contributed by atoms with van der Waals surface area (Å²) in [6.45, 7) is 1.74. The summed E-state index contributed by atoms with van der Waals surface area (Å²) in [7, 11) is 0.000161. The SMILES string of the molecule is Cc1c(S(=O)(=O)N[C@@H](c2nccn2C)C2CC2)cnn1C. The van der Waals surface area contributed by atoms with Crippen molar-refractivity contribution in [3.8, 4) is 0 Å². The lowest BCUT2D eigenvalue weighted by Crippen LogP contribution is -2.32. The van der Waals surface area contributed by atoms with Crippen LogP contribution in [0.3, 0.4) is 0 Å². The van der Waals surface area contributed by atoms with E-state index in [1.807, 2.05) is 17.8 Å². The van der Waals surface area contributed by atoms with Crippen LogP contribution in [0.2, 0.25) is 0 Å². The number of sulfonamides is 1. The summed E-state index contributed by atoms with van der Waals surface area (Å²) in [4.78, 5) is 4.52. The highest BCUT2D eigenvalue weighted by molar-refractivity contribution is 7.89. The molecule has 2 aromatic heterocycles. The first-order valence-corrected chi connectivity index (χ1v) is 8.36. The van der Waals surface area contributed by atoms with E-state index in [1.54, 1.807) is 24.9 Å². The lowest BCUT2D eigenvalue weighted by molar-refractivity contribution is 0.499. The number of hydrogen-bond acceptors (Lipinski definition) is 4. The number of nitrogens with zero attached hydrogens (tertiary/aromatic N) is 4. The van der Waals surface area contributed by atoms with Crippen molar-refractivity contribution in [2.24, 2.45) is 20.0 Å². The Labute approximate surface area is 124 Å². The van der Waals surface area contributed by atoms with Crippen molar-refractivity contribution in [1.82, 2.24) is 24.1 Å². The molecule has 0 aromatic carbocycles. The molecule has 3 rings (SSSR count). The van der Waals surface area contributed by atoms with Gasteiger partial charge in [-0.25, -0.2) is 18.1 Å². The molecule has 0 bridgehead atoms. The molecule has 0 amide bonds. The van der Waals surface area contributed by atoms with Crippen LogP contribution in [0, 0.1) is 12.8 Å². The number of rotatable bonds is 5. The molecular formula is C13H19N5O2S. The van der Waals surface area contributed by atoms with Crippen LogP contribution in [-0.4, -0.2) is 27.7 Å². The van der Waals surface area contributed by atoms with Gasteiger partial charge in [0.2, 0.25) is 10.0 Å². The molecule has 1 fully saturated rings. The van der Waals surface area contributed by atoms with Crippen LogP contribution in [-0.2, 0) is 24.1 Å². The maximum atomic E-state index is 12.6. The summed E-state index contributed by atoms with van der Waals surface area (Å²) in [6, 6.07) is -0.283. The fraction of sp³-hybridized carbons (Fsp3) is 0.538. The van der Waals surface area contributed by atoms with E-state index in [4.69, 9.17) is 0 Å². The predicted octanol–water partition coefficient (Wildman–Crippen LogP) is 0.892. The molecule has 0 aliphatic heterocycles. The third-order valence-electron chi connectivity index (χ3n) is 3.99. The second kappa shape index (κ2) is 4.96. The quantitative estimate of drug-likeness (QED) is 0.889. The van der Waals surface area contributed by atoms with Gasteiger partial charge in [-0.15, -0.1) is 0 Å². The molecule has 21 heavy (non-hydrogen) atoms. The molecule has 2 aromatic rings. The summed E-state index contributed by atoms with van der Waals surface area (Å²) in [5.41, 5.74) is 0.622. The normalized spacial score (nSPS) is 17.1. The highest BCUT2D eigenvalue weighted by Crippen LogP contribution is 2.41. The fourth-order valence-electron chi connectivity index (χ4n) is 2.44. The largest absolute Gasteiger partial charge is 0.337 e. The summed E-state index contributed by atoms with van der Waals surface area (Å²) < 4.78 is 31.5. The molecule has 1 aliphatic carbocycles. The Morgan fingerprint density at radius 2 is 2.10 bits per heavy atom. The molecule has 0 saturated heterocycles. The van der Waals surface area contributed by atoms with Crippen molar-refractivity contribution in [2.45, 2.75) is 30.7 Å². The summed E-state index contributed by atoms with van der Waals surface area (Å²) in [5.74, 6) is 1.07. The Morgan fingerprint density at radius 1 is 1.38 bits per heavy atom. The van der Waals surface area contributed by atoms with Gasteiger partial charge < -0.3 is 4.57 Å². The lowest BCUT2D eigenvalue weighted by Gasteiger charge is -2.18. The molecule has 2 heterocycles. The van der Waals surface area contributed by atoms with Gasteiger partial charge in [-0.1, -0.05) is 0 Å². The predicted molar refractivity (Wildman–Crippen MR) is 76.9 cm³/mol. The van der Waals surface area contributed by atoms with Crippen LogP contribution in [0.25, 0.3) is 0 Å². The maximum absolute atomic E-state index is 12.6. The van der Waals surface area contributed by atoms with Gasteiger partial charge in [0.1, 0.15) is 10.7 Å². The smallest absolute Gasteiger partial charge is 0.244 e. The average molecular weight is 309 g/mol. The minimum Gasteiger partial charge on any atom is -0.337 e. The molecule has 1 atom stereocenters. The zero-order valence-corrected chi connectivity index (χ0v) is 13.1. The summed E-state index contributed by atoms with van der Waals surface area (Å²) >= 11 is 0. The van der Waals surface area contributed by atoms with E-state index in [-0.39, 0.29) is 10.9 Å². The third-order valence-corrected chi connectivity index (χ3v) is 5.54. The molecule has 0 unspecified atom stereocenters. The van der Waals surface area contributed by atoms with Crippen LogP contribution < -0.4 is 4.72 Å². The standard InChI is InChI=1S/C13H19N5O2S/c1-9-11(8-15-18(9)3)21(19,20)16-12(10-4-5-10)13-14-6-7-17(13)2/h6-8,10,12,16H,4-5H2,1-3H3/t12-/m1/s1. The number of aromatic nitrogens is 4. The minimum atomic E-state index is -3.60. The maximum Gasteiger partial charge on any atom is 0.244 e. The van der Waals surface area contributed by atoms with E-state index in [1.165, 1.54) is 6.20 Å². The highest BCUT2D eigenvalue weighted by atomic mass is 32.2. The Morgan fingerprint density at radius 3 is 2.57 bits per heavy atom. The zero-order chi connectivity index (χ0) is 15.2. The number of imidazole rings is 1. The Balaban J connectivity index is 1.93. The number of hydrogen-bond donors (Lipinski definition) is 1. The van der Waals surface area contributed by atoms with Crippen LogP contribution in [0.15, 0.2) is 23.5 Å². The third kappa shape index (κ3) is 2.60. The monoisotopic (exact) mass is 309 g/mol. The molecule has 7 nitrogen and oxygen atoms in total. The van der Waals surface area contributed by atoms with Crippen LogP contribution in [0.5, 0.6) is 0 Å². The summed E-state index contributed by atoms with van der Waals surface area (Å²) in [5, 5.41) is 4.01. The fourth-order valence-corrected chi connectivity index (χ4v) is 3.91. The first-order chi connectivity index (χ1) is 9.90. The topological polar surface area (TPSA) is 81.8 Å². The molecule has 1 saturated carbocycles. The molecule has 0 spiro atoms. The number of aryl methyl sites for hydroxylation is 2. The van der Waals surface area contributed by atoms with Gasteiger partial charge in [0.25, 0.3) is 0 Å². The second-order valence-corrected chi connectivity index (χ2v) is 7.23. The lowest BCUT2D eigenvalue weighted by atomic mass is 10.2. The van der Waals surface area contributed by atoms with E-state index >= 15 is 0 Å². The van der Waals surface area contributed by atoms with E-state index in [2.05, 4.69) is 14.8 Å². The minimum absolute atomic E-state index is 0.227. The van der Waals surface area contributed by atoms with Crippen LogP contribution >= 0.6 is 0 Å². The molecule has 114 valence electrons. The van der Waals surface area contributed by atoms with E-state index in [0.29, 0.717) is 11.6 Å².